The molecular weight excluding hydrogens is 290 g/mol. The molecule has 4 nitrogen and oxygen atoms in total. The van der Waals surface area contributed by atoms with Gasteiger partial charge in [0.25, 0.3) is 0 Å². The smallest absolute Gasteiger partial charge is 0.192 e. The average molecular weight is 320 g/mol. The fourth-order valence-corrected chi connectivity index (χ4v) is 3.17. The van der Waals surface area contributed by atoms with Crippen LogP contribution in [-0.2, 0) is 24.0 Å². The average Bonchev–Trinajstić information content (AvgIpc) is 2.66. The lowest BCUT2D eigenvalue weighted by Gasteiger charge is -2.36. The van der Waals surface area contributed by atoms with Crippen LogP contribution in [-0.4, -0.2) is 23.6 Å². The number of fused-ring (bicyclic) bond motifs is 1. The van der Waals surface area contributed by atoms with Gasteiger partial charge in [-0.2, -0.15) is 0 Å². The molecule has 2 rings (SSSR count). The minimum absolute atomic E-state index is 0.220. The molecule has 1 aliphatic heterocycles. The van der Waals surface area contributed by atoms with E-state index in [9.17, 15) is 0 Å². The number of hydrogen-bond acceptors (Lipinski definition) is 3. The highest BCUT2D eigenvalue weighted by molar-refractivity contribution is 6.74. The molecule has 5 heteroatoms. The minimum atomic E-state index is -1.75. The van der Waals surface area contributed by atoms with Crippen LogP contribution in [0.15, 0.2) is 11.1 Å². The molecule has 0 N–H and O–H groups in total. The van der Waals surface area contributed by atoms with E-state index in [4.69, 9.17) is 9.41 Å². The van der Waals surface area contributed by atoms with E-state index < -0.39 is 8.32 Å². The first-order chi connectivity index (χ1) is 10.2. The highest BCUT2D eigenvalue weighted by Crippen LogP contribution is 2.37. The molecule has 2 heterocycles. The summed E-state index contributed by atoms with van der Waals surface area (Å²) in [5, 5.41) is 0.220. The zero-order valence-electron chi connectivity index (χ0n) is 15.0. The van der Waals surface area contributed by atoms with Crippen molar-refractivity contribution < 1.29 is 4.43 Å². The molecule has 1 aliphatic rings. The Hall–Kier alpha value is -1.20. The number of nitrogens with zero attached hydrogens (tertiary/aromatic N) is 3. The zero-order chi connectivity index (χ0) is 16.5. The van der Waals surface area contributed by atoms with Gasteiger partial charge in [-0.05, 0) is 37.6 Å². The van der Waals surface area contributed by atoms with E-state index in [2.05, 4.69) is 62.6 Å². The van der Waals surface area contributed by atoms with Crippen molar-refractivity contribution in [2.75, 3.05) is 0 Å². The number of rotatable bonds is 4. The van der Waals surface area contributed by atoms with Crippen molar-refractivity contribution in [3.8, 4) is 0 Å². The third-order valence-electron chi connectivity index (χ3n) is 4.81. The van der Waals surface area contributed by atoms with Gasteiger partial charge in [0.1, 0.15) is 5.82 Å². The van der Waals surface area contributed by atoms with E-state index in [1.165, 1.54) is 5.69 Å². The van der Waals surface area contributed by atoms with Gasteiger partial charge >= 0.3 is 0 Å². The summed E-state index contributed by atoms with van der Waals surface area (Å²) < 4.78 is 8.54. The predicted octanol–water partition coefficient (Wildman–Crippen LogP) is 4.41. The van der Waals surface area contributed by atoms with Crippen LogP contribution in [0.3, 0.4) is 0 Å². The van der Waals surface area contributed by atoms with Crippen LogP contribution in [0.1, 0.15) is 51.8 Å². The van der Waals surface area contributed by atoms with Crippen molar-refractivity contribution >= 4 is 20.2 Å². The van der Waals surface area contributed by atoms with Crippen LogP contribution < -0.4 is 0 Å². The van der Waals surface area contributed by atoms with Crippen LogP contribution in [0.2, 0.25) is 18.1 Å². The summed E-state index contributed by atoms with van der Waals surface area (Å²) in [6.45, 7) is 16.8. The molecule has 0 amide bonds. The number of allylic oxidation sites excluding steroid dienone is 1. The van der Waals surface area contributed by atoms with Gasteiger partial charge in [-0.3, -0.25) is 4.99 Å². The minimum Gasteiger partial charge on any atom is -0.411 e. The monoisotopic (exact) mass is 319 g/mol. The Bertz CT molecular complexity index is 606. The van der Waals surface area contributed by atoms with E-state index in [0.29, 0.717) is 13.2 Å². The van der Waals surface area contributed by atoms with Gasteiger partial charge in [-0.1, -0.05) is 27.7 Å². The molecule has 0 atom stereocenters. The van der Waals surface area contributed by atoms with Crippen LogP contribution in [0.5, 0.6) is 0 Å². The predicted molar refractivity (Wildman–Crippen MR) is 95.7 cm³/mol. The van der Waals surface area contributed by atoms with Crippen LogP contribution in [0.25, 0.3) is 6.20 Å². The largest absolute Gasteiger partial charge is 0.411 e. The first kappa shape index (κ1) is 17.2. The summed E-state index contributed by atoms with van der Waals surface area (Å²) in [4.78, 5) is 9.32. The molecule has 0 saturated carbocycles. The Morgan fingerprint density at radius 2 is 2.00 bits per heavy atom. The van der Waals surface area contributed by atoms with Gasteiger partial charge < -0.3 is 8.99 Å². The molecule has 0 aromatic carbocycles. The van der Waals surface area contributed by atoms with Crippen LogP contribution in [0.4, 0.5) is 0 Å². The van der Waals surface area contributed by atoms with Crippen molar-refractivity contribution in [2.24, 2.45) is 4.99 Å². The molecule has 0 fully saturated rings. The van der Waals surface area contributed by atoms with E-state index in [0.717, 1.165) is 23.7 Å². The number of hydrogen-bond donors (Lipinski definition) is 0. The first-order valence-electron chi connectivity index (χ1n) is 8.08. The van der Waals surface area contributed by atoms with Gasteiger partial charge in [0.05, 0.1) is 18.8 Å². The number of imidazole rings is 1. The van der Waals surface area contributed by atoms with Crippen LogP contribution >= 0.6 is 0 Å². The maximum absolute atomic E-state index is 6.36. The summed E-state index contributed by atoms with van der Waals surface area (Å²) in [5.41, 5.74) is 3.36. The number of aliphatic imine (C=N–C) groups is 1. The molecule has 1 aromatic rings. The van der Waals surface area contributed by atoms with Gasteiger partial charge in [0.15, 0.2) is 8.32 Å². The van der Waals surface area contributed by atoms with E-state index in [1.807, 2.05) is 6.92 Å². The summed E-state index contributed by atoms with van der Waals surface area (Å²) in [5.74, 6) is 1.01. The lowest BCUT2D eigenvalue weighted by molar-refractivity contribution is 0.271. The molecule has 0 radical (unpaired) electrons. The van der Waals surface area contributed by atoms with Gasteiger partial charge in [-0.25, -0.2) is 4.98 Å². The lowest BCUT2D eigenvalue weighted by Crippen LogP contribution is -2.40. The normalized spacial score (nSPS) is 15.5. The molecule has 122 valence electrons. The van der Waals surface area contributed by atoms with Gasteiger partial charge in [0.2, 0.25) is 0 Å². The highest BCUT2D eigenvalue weighted by Gasteiger charge is 2.37. The summed E-state index contributed by atoms with van der Waals surface area (Å²) >= 11 is 0. The highest BCUT2D eigenvalue weighted by atomic mass is 28.4. The van der Waals surface area contributed by atoms with Crippen LogP contribution in [0, 0.1) is 0 Å². The first-order valence-corrected chi connectivity index (χ1v) is 11.0. The Morgan fingerprint density at radius 3 is 2.59 bits per heavy atom. The lowest BCUT2D eigenvalue weighted by atomic mass is 10.2. The topological polar surface area (TPSA) is 39.4 Å². The molecule has 0 aliphatic carbocycles. The maximum Gasteiger partial charge on any atom is 0.192 e. The zero-order valence-corrected chi connectivity index (χ0v) is 16.0. The Balaban J connectivity index is 2.24. The SMILES string of the molecule is CCc1c(CO[Si](C)(C)C(C)(C)C)nc2n1C=CC(C)=NC2. The second kappa shape index (κ2) is 6.12. The van der Waals surface area contributed by atoms with E-state index >= 15 is 0 Å². The Morgan fingerprint density at radius 1 is 1.32 bits per heavy atom. The van der Waals surface area contributed by atoms with Crippen molar-refractivity contribution in [3.63, 3.8) is 0 Å². The molecule has 22 heavy (non-hydrogen) atoms. The summed E-state index contributed by atoms with van der Waals surface area (Å²) in [7, 11) is -1.75. The molecular formula is C17H29N3OSi. The second-order valence-corrected chi connectivity index (χ2v) is 12.3. The standard InChI is InChI=1S/C17H29N3OSi/c1-8-15-14(12-21-22(6,7)17(3,4)5)19-16-11-18-13(2)9-10-20(15)16/h9-10H,8,11-12H2,1-7H3. The molecule has 0 saturated heterocycles. The van der Waals surface area contributed by atoms with Crippen molar-refractivity contribution in [2.45, 2.75) is 72.3 Å². The molecule has 0 unspecified atom stereocenters. The molecule has 1 aromatic heterocycles. The van der Waals surface area contributed by atoms with Gasteiger partial charge in [0, 0.05) is 17.6 Å². The summed E-state index contributed by atoms with van der Waals surface area (Å²) in [6.07, 6.45) is 5.09. The summed E-state index contributed by atoms with van der Waals surface area (Å²) in [6, 6.07) is 0. The Kier molecular flexibility index (Phi) is 4.78. The van der Waals surface area contributed by atoms with E-state index in [1.54, 1.807) is 0 Å². The third kappa shape index (κ3) is 3.41. The fraction of sp³-hybridized carbons (Fsp3) is 0.647. The van der Waals surface area contributed by atoms with Crippen molar-refractivity contribution in [1.82, 2.24) is 9.55 Å². The Labute approximate surface area is 135 Å². The van der Waals surface area contributed by atoms with Crippen molar-refractivity contribution in [1.29, 1.82) is 0 Å². The third-order valence-corrected chi connectivity index (χ3v) is 9.29. The number of aromatic nitrogens is 2. The van der Waals surface area contributed by atoms with E-state index in [-0.39, 0.29) is 5.04 Å². The molecule has 0 bridgehead atoms. The van der Waals surface area contributed by atoms with Gasteiger partial charge in [-0.15, -0.1) is 0 Å². The fourth-order valence-electron chi connectivity index (χ4n) is 2.24. The maximum atomic E-state index is 6.36. The molecule has 0 spiro atoms. The quantitative estimate of drug-likeness (QED) is 0.771. The van der Waals surface area contributed by atoms with Crippen molar-refractivity contribution in [3.05, 3.63) is 23.3 Å². The second-order valence-electron chi connectivity index (χ2n) is 7.47.